The van der Waals surface area contributed by atoms with Gasteiger partial charge in [0.2, 0.25) is 0 Å². The minimum Gasteiger partial charge on any atom is -0.351 e. The third-order valence-electron chi connectivity index (χ3n) is 4.97. The summed E-state index contributed by atoms with van der Waals surface area (Å²) < 4.78 is 3.98. The van der Waals surface area contributed by atoms with E-state index in [-0.39, 0.29) is 5.91 Å². The molecule has 0 aliphatic rings. The van der Waals surface area contributed by atoms with Gasteiger partial charge in [-0.05, 0) is 30.7 Å². The Morgan fingerprint density at radius 3 is 2.79 bits per heavy atom. The Bertz CT molecular complexity index is 1200. The standard InChI is InChI=1S/C23H27N7OS2/c1-16(2)13-29-20(27-28-23(29)32-3)10-7-11-24-21(31)19-15-33-22(26-19)17-12-25-30(14-17)18-8-5-4-6-9-18/h4-6,8-9,12,14-16H,7,10-11,13H2,1-3H3,(H,24,31). The molecular formula is C23H27N7OS2. The van der Waals surface area contributed by atoms with Crippen molar-refractivity contribution in [3.8, 4) is 16.3 Å². The number of hydrogen-bond donors (Lipinski definition) is 1. The molecule has 0 radical (unpaired) electrons. The molecule has 1 aromatic carbocycles. The molecule has 33 heavy (non-hydrogen) atoms. The second-order valence-corrected chi connectivity index (χ2v) is 9.65. The van der Waals surface area contributed by atoms with Crippen LogP contribution in [0.4, 0.5) is 0 Å². The Balaban J connectivity index is 1.31. The van der Waals surface area contributed by atoms with Crippen LogP contribution in [0.25, 0.3) is 16.3 Å². The van der Waals surface area contributed by atoms with Gasteiger partial charge in [-0.1, -0.05) is 43.8 Å². The Morgan fingerprint density at radius 1 is 1.21 bits per heavy atom. The van der Waals surface area contributed by atoms with E-state index < -0.39 is 0 Å². The average molecular weight is 482 g/mol. The second kappa shape index (κ2) is 10.8. The minimum absolute atomic E-state index is 0.165. The van der Waals surface area contributed by atoms with Gasteiger partial charge in [-0.15, -0.1) is 21.5 Å². The maximum Gasteiger partial charge on any atom is 0.270 e. The van der Waals surface area contributed by atoms with E-state index in [0.29, 0.717) is 18.2 Å². The Hall–Kier alpha value is -2.98. The second-order valence-electron chi connectivity index (χ2n) is 8.01. The predicted octanol–water partition coefficient (Wildman–Crippen LogP) is 4.33. The molecule has 0 bridgehead atoms. The summed E-state index contributed by atoms with van der Waals surface area (Å²) in [6.07, 6.45) is 7.26. The zero-order valence-corrected chi connectivity index (χ0v) is 20.6. The van der Waals surface area contributed by atoms with Gasteiger partial charge in [0.15, 0.2) is 5.16 Å². The quantitative estimate of drug-likeness (QED) is 0.268. The van der Waals surface area contributed by atoms with Gasteiger partial charge in [0.05, 0.1) is 11.9 Å². The number of aromatic nitrogens is 6. The molecule has 4 aromatic rings. The fraction of sp³-hybridized carbons (Fsp3) is 0.348. The van der Waals surface area contributed by atoms with Gasteiger partial charge in [0, 0.05) is 36.7 Å². The van der Waals surface area contributed by atoms with Crippen molar-refractivity contribution in [1.82, 2.24) is 34.8 Å². The Kier molecular flexibility index (Phi) is 7.56. The van der Waals surface area contributed by atoms with E-state index in [4.69, 9.17) is 0 Å². The molecule has 0 aliphatic heterocycles. The van der Waals surface area contributed by atoms with E-state index in [1.807, 2.05) is 42.8 Å². The van der Waals surface area contributed by atoms with Crippen LogP contribution >= 0.6 is 23.1 Å². The summed E-state index contributed by atoms with van der Waals surface area (Å²) >= 11 is 3.05. The number of para-hydroxylation sites is 1. The Labute approximate surface area is 201 Å². The summed E-state index contributed by atoms with van der Waals surface area (Å²) in [5.41, 5.74) is 2.29. The number of thiazole rings is 1. The zero-order valence-electron chi connectivity index (χ0n) is 18.9. The predicted molar refractivity (Wildman–Crippen MR) is 132 cm³/mol. The highest BCUT2D eigenvalue weighted by Crippen LogP contribution is 2.24. The van der Waals surface area contributed by atoms with Crippen molar-refractivity contribution in [2.24, 2.45) is 5.92 Å². The van der Waals surface area contributed by atoms with Crippen molar-refractivity contribution in [1.29, 1.82) is 0 Å². The molecule has 0 saturated heterocycles. The van der Waals surface area contributed by atoms with E-state index >= 15 is 0 Å². The lowest BCUT2D eigenvalue weighted by atomic mass is 10.2. The molecule has 0 fully saturated rings. The van der Waals surface area contributed by atoms with Gasteiger partial charge in [0.1, 0.15) is 16.5 Å². The molecule has 0 aliphatic carbocycles. The number of rotatable bonds is 10. The SMILES string of the molecule is CSc1nnc(CCCNC(=O)c2csc(-c3cnn(-c4ccccc4)c3)n2)n1CC(C)C. The number of aryl methyl sites for hydroxylation is 1. The molecule has 0 saturated carbocycles. The van der Waals surface area contributed by atoms with Crippen LogP contribution in [0, 0.1) is 5.92 Å². The highest BCUT2D eigenvalue weighted by Gasteiger charge is 2.15. The Morgan fingerprint density at radius 2 is 2.03 bits per heavy atom. The van der Waals surface area contributed by atoms with Crippen LogP contribution in [0.15, 0.2) is 53.3 Å². The molecule has 4 rings (SSSR count). The van der Waals surface area contributed by atoms with E-state index in [9.17, 15) is 4.79 Å². The van der Waals surface area contributed by atoms with Gasteiger partial charge in [0.25, 0.3) is 5.91 Å². The number of thioether (sulfide) groups is 1. The first-order chi connectivity index (χ1) is 16.0. The number of nitrogens with zero attached hydrogens (tertiary/aromatic N) is 6. The third-order valence-corrected chi connectivity index (χ3v) is 6.53. The van der Waals surface area contributed by atoms with Crippen molar-refractivity contribution < 1.29 is 4.79 Å². The van der Waals surface area contributed by atoms with Gasteiger partial charge in [-0.3, -0.25) is 4.79 Å². The molecule has 3 heterocycles. The monoisotopic (exact) mass is 481 g/mol. The lowest BCUT2D eigenvalue weighted by Crippen LogP contribution is -2.25. The molecule has 172 valence electrons. The smallest absolute Gasteiger partial charge is 0.270 e. The summed E-state index contributed by atoms with van der Waals surface area (Å²) in [4.78, 5) is 17.1. The highest BCUT2D eigenvalue weighted by atomic mass is 32.2. The first-order valence-corrected chi connectivity index (χ1v) is 13.0. The fourth-order valence-corrected chi connectivity index (χ4v) is 4.71. The van der Waals surface area contributed by atoms with Crippen LogP contribution in [0.2, 0.25) is 0 Å². The van der Waals surface area contributed by atoms with E-state index in [1.54, 1.807) is 28.0 Å². The van der Waals surface area contributed by atoms with Crippen LogP contribution in [0.3, 0.4) is 0 Å². The van der Waals surface area contributed by atoms with Gasteiger partial charge in [-0.2, -0.15) is 5.10 Å². The lowest BCUT2D eigenvalue weighted by Gasteiger charge is -2.11. The normalized spacial score (nSPS) is 11.3. The van der Waals surface area contributed by atoms with Crippen molar-refractivity contribution >= 4 is 29.0 Å². The van der Waals surface area contributed by atoms with Crippen LogP contribution in [-0.2, 0) is 13.0 Å². The molecule has 0 spiro atoms. The maximum atomic E-state index is 12.6. The fourth-order valence-electron chi connectivity index (χ4n) is 3.41. The largest absolute Gasteiger partial charge is 0.351 e. The van der Waals surface area contributed by atoms with Crippen LogP contribution in [0.1, 0.15) is 36.6 Å². The summed E-state index contributed by atoms with van der Waals surface area (Å²) in [5, 5.41) is 19.5. The summed E-state index contributed by atoms with van der Waals surface area (Å²) in [6.45, 7) is 5.82. The highest BCUT2D eigenvalue weighted by molar-refractivity contribution is 7.98. The molecule has 10 heteroatoms. The number of benzene rings is 1. The summed E-state index contributed by atoms with van der Waals surface area (Å²) in [7, 11) is 0. The van der Waals surface area contributed by atoms with Gasteiger partial charge < -0.3 is 9.88 Å². The maximum absolute atomic E-state index is 12.6. The molecule has 1 N–H and O–H groups in total. The van der Waals surface area contributed by atoms with Crippen LogP contribution in [-0.4, -0.2) is 48.2 Å². The topological polar surface area (TPSA) is 90.5 Å². The van der Waals surface area contributed by atoms with Crippen LogP contribution in [0.5, 0.6) is 0 Å². The number of carbonyl (C=O) groups is 1. The van der Waals surface area contributed by atoms with Crippen molar-refractivity contribution in [3.05, 3.63) is 59.6 Å². The van der Waals surface area contributed by atoms with Crippen molar-refractivity contribution in [2.75, 3.05) is 12.8 Å². The van der Waals surface area contributed by atoms with Gasteiger partial charge in [-0.25, -0.2) is 9.67 Å². The third kappa shape index (κ3) is 5.69. The number of carbonyl (C=O) groups excluding carboxylic acids is 1. The van der Waals surface area contributed by atoms with Gasteiger partial charge >= 0.3 is 0 Å². The van der Waals surface area contributed by atoms with E-state index in [2.05, 4.69) is 44.0 Å². The zero-order chi connectivity index (χ0) is 23.2. The van der Waals surface area contributed by atoms with Crippen molar-refractivity contribution in [2.45, 2.75) is 38.4 Å². The van der Waals surface area contributed by atoms with Crippen LogP contribution < -0.4 is 5.32 Å². The molecule has 3 aromatic heterocycles. The first-order valence-electron chi connectivity index (χ1n) is 10.9. The summed E-state index contributed by atoms with van der Waals surface area (Å²) in [6, 6.07) is 9.89. The molecule has 0 atom stereocenters. The lowest BCUT2D eigenvalue weighted by molar-refractivity contribution is 0.0949. The number of amides is 1. The van der Waals surface area contributed by atoms with E-state index in [1.165, 1.54) is 11.3 Å². The first kappa shape index (κ1) is 23.2. The number of hydrogen-bond acceptors (Lipinski definition) is 7. The van der Waals surface area contributed by atoms with E-state index in [0.717, 1.165) is 46.6 Å². The molecule has 0 unspecified atom stereocenters. The van der Waals surface area contributed by atoms with Crippen molar-refractivity contribution in [3.63, 3.8) is 0 Å². The molecule has 8 nitrogen and oxygen atoms in total. The summed E-state index contributed by atoms with van der Waals surface area (Å²) in [5.74, 6) is 1.32. The number of nitrogens with one attached hydrogen (secondary N) is 1. The average Bonchev–Trinajstić information content (AvgIpc) is 3.56. The molecular weight excluding hydrogens is 454 g/mol. The minimum atomic E-state index is -0.165. The molecule has 1 amide bonds.